The number of rotatable bonds is 4. The summed E-state index contributed by atoms with van der Waals surface area (Å²) in [6.07, 6.45) is 2.78. The molecule has 126 valence electrons. The van der Waals surface area contributed by atoms with E-state index in [1.165, 1.54) is 0 Å². The Hall–Kier alpha value is -2.24. The lowest BCUT2D eigenvalue weighted by Crippen LogP contribution is -2.28. The molecule has 1 atom stereocenters. The molecule has 4 nitrogen and oxygen atoms in total. The van der Waals surface area contributed by atoms with Crippen LogP contribution in [0.3, 0.4) is 0 Å². The van der Waals surface area contributed by atoms with Crippen LogP contribution in [0, 0.1) is 24.5 Å². The second-order valence-electron chi connectivity index (χ2n) is 6.80. The minimum absolute atomic E-state index is 0.0413. The summed E-state index contributed by atoms with van der Waals surface area (Å²) in [5.41, 5.74) is 1.39. The Bertz CT molecular complexity index is 820. The molecule has 24 heavy (non-hydrogen) atoms. The number of likely N-dealkylation sites (tertiary alicyclic amines) is 1. The number of aryl methyl sites for hydroxylation is 1. The molecule has 1 saturated heterocycles. The van der Waals surface area contributed by atoms with E-state index in [0.29, 0.717) is 30.1 Å². The van der Waals surface area contributed by atoms with Crippen molar-refractivity contribution in [2.75, 3.05) is 18.4 Å². The van der Waals surface area contributed by atoms with E-state index in [0.717, 1.165) is 31.1 Å². The van der Waals surface area contributed by atoms with Crippen LogP contribution < -0.4 is 5.32 Å². The van der Waals surface area contributed by atoms with Crippen molar-refractivity contribution in [3.8, 4) is 0 Å². The molecule has 1 aliphatic carbocycles. The van der Waals surface area contributed by atoms with Gasteiger partial charge < -0.3 is 10.2 Å². The van der Waals surface area contributed by atoms with Crippen LogP contribution in [-0.4, -0.2) is 34.9 Å². The topological polar surface area (TPSA) is 45.2 Å². The van der Waals surface area contributed by atoms with Gasteiger partial charge in [0.15, 0.2) is 11.6 Å². The molecule has 6 heteroatoms. The van der Waals surface area contributed by atoms with Gasteiger partial charge in [-0.2, -0.15) is 0 Å². The van der Waals surface area contributed by atoms with Crippen molar-refractivity contribution < 1.29 is 13.6 Å². The number of fused-ring (bicyclic) bond motifs is 1. The summed E-state index contributed by atoms with van der Waals surface area (Å²) in [7, 11) is 0. The molecule has 4 rings (SSSR count). The fraction of sp³-hybridized carbons (Fsp3) is 0.444. The highest BCUT2D eigenvalue weighted by Crippen LogP contribution is 2.33. The van der Waals surface area contributed by atoms with Gasteiger partial charge in [0.05, 0.1) is 0 Å². The van der Waals surface area contributed by atoms with E-state index >= 15 is 0 Å². The van der Waals surface area contributed by atoms with Crippen LogP contribution in [0.5, 0.6) is 0 Å². The molecular weight excluding hydrogens is 312 g/mol. The number of amides is 1. The van der Waals surface area contributed by atoms with Crippen molar-refractivity contribution in [3.05, 3.63) is 35.5 Å². The van der Waals surface area contributed by atoms with Gasteiger partial charge in [-0.3, -0.25) is 4.79 Å². The van der Waals surface area contributed by atoms with E-state index in [4.69, 9.17) is 0 Å². The van der Waals surface area contributed by atoms with Crippen molar-refractivity contribution >= 4 is 22.5 Å². The Morgan fingerprint density at radius 3 is 2.88 bits per heavy atom. The minimum atomic E-state index is -0.921. The highest BCUT2D eigenvalue weighted by atomic mass is 19.2. The predicted octanol–water partition coefficient (Wildman–Crippen LogP) is 3.24. The van der Waals surface area contributed by atoms with Crippen LogP contribution in [0.15, 0.2) is 18.2 Å². The Labute approximate surface area is 138 Å². The van der Waals surface area contributed by atoms with Crippen LogP contribution >= 0.6 is 0 Å². The van der Waals surface area contributed by atoms with Crippen LogP contribution in [0.2, 0.25) is 0 Å². The normalized spacial score (nSPS) is 20.9. The first-order valence-electron chi connectivity index (χ1n) is 8.31. The quantitative estimate of drug-likeness (QED) is 0.935. The molecule has 2 fully saturated rings. The zero-order valence-electron chi connectivity index (χ0n) is 13.5. The average molecular weight is 331 g/mol. The molecule has 1 N–H and O–H groups in total. The Morgan fingerprint density at radius 1 is 1.33 bits per heavy atom. The number of nitrogens with one attached hydrogen (secondary N) is 1. The number of carbonyl (C=O) groups excluding carboxylic acids is 1. The lowest BCUT2D eigenvalue weighted by atomic mass is 10.1. The van der Waals surface area contributed by atoms with Crippen LogP contribution in [0.4, 0.5) is 14.5 Å². The highest BCUT2D eigenvalue weighted by Gasteiger charge is 2.39. The fourth-order valence-electron chi connectivity index (χ4n) is 3.45. The summed E-state index contributed by atoms with van der Waals surface area (Å²) in [4.78, 5) is 18.1. The van der Waals surface area contributed by atoms with E-state index in [1.807, 2.05) is 11.0 Å². The van der Waals surface area contributed by atoms with Gasteiger partial charge in [0, 0.05) is 48.2 Å². The molecule has 2 aromatic rings. The highest BCUT2D eigenvalue weighted by molar-refractivity contribution is 5.92. The van der Waals surface area contributed by atoms with Crippen molar-refractivity contribution in [3.63, 3.8) is 0 Å². The van der Waals surface area contributed by atoms with E-state index in [1.54, 1.807) is 13.0 Å². The number of hydrogen-bond donors (Lipinski definition) is 1. The maximum atomic E-state index is 14.0. The molecule has 0 radical (unpaired) electrons. The first kappa shape index (κ1) is 15.3. The van der Waals surface area contributed by atoms with E-state index in [9.17, 15) is 13.6 Å². The number of benzene rings is 1. The number of carbonyl (C=O) groups is 1. The molecule has 2 aliphatic rings. The van der Waals surface area contributed by atoms with Gasteiger partial charge in [-0.1, -0.05) is 0 Å². The van der Waals surface area contributed by atoms with E-state index in [2.05, 4.69) is 10.3 Å². The van der Waals surface area contributed by atoms with Crippen LogP contribution in [-0.2, 0) is 4.79 Å². The van der Waals surface area contributed by atoms with Crippen molar-refractivity contribution in [1.29, 1.82) is 0 Å². The van der Waals surface area contributed by atoms with Crippen molar-refractivity contribution in [1.82, 2.24) is 9.88 Å². The number of hydrogen-bond acceptors (Lipinski definition) is 3. The van der Waals surface area contributed by atoms with Crippen molar-refractivity contribution in [2.24, 2.45) is 5.92 Å². The summed E-state index contributed by atoms with van der Waals surface area (Å²) in [5.74, 6) is -1.34. The Morgan fingerprint density at radius 2 is 2.12 bits per heavy atom. The lowest BCUT2D eigenvalue weighted by molar-refractivity contribution is -0.128. The number of nitrogens with zero attached hydrogens (tertiary/aromatic N) is 2. The molecule has 1 amide bonds. The molecule has 1 saturated carbocycles. The third-order valence-corrected chi connectivity index (χ3v) is 4.81. The standard InChI is InChI=1S/C18H19F2N3O/c1-10-6-15(13-4-5-14(19)17(20)18(13)22-10)21-8-11-7-16(24)23(9-11)12-2-3-12/h4-6,11-12H,2-3,7-9H2,1H3,(H,21,22)/t11-/m0/s1. The molecule has 2 heterocycles. The van der Waals surface area contributed by atoms with Crippen molar-refractivity contribution in [2.45, 2.75) is 32.2 Å². The predicted molar refractivity (Wildman–Crippen MR) is 87.7 cm³/mol. The van der Waals surface area contributed by atoms with Gasteiger partial charge >= 0.3 is 0 Å². The first-order chi connectivity index (χ1) is 11.5. The third kappa shape index (κ3) is 2.70. The zero-order chi connectivity index (χ0) is 16.8. The second-order valence-corrected chi connectivity index (χ2v) is 6.80. The molecule has 1 aliphatic heterocycles. The Kier molecular flexibility index (Phi) is 3.62. The fourth-order valence-corrected chi connectivity index (χ4v) is 3.45. The molecular formula is C18H19F2N3O. The van der Waals surface area contributed by atoms with Gasteiger partial charge in [0.1, 0.15) is 5.52 Å². The average Bonchev–Trinajstić information content (AvgIpc) is 3.32. The zero-order valence-corrected chi connectivity index (χ0v) is 13.5. The Balaban J connectivity index is 1.54. The largest absolute Gasteiger partial charge is 0.384 e. The van der Waals surface area contributed by atoms with E-state index in [-0.39, 0.29) is 17.3 Å². The lowest BCUT2D eigenvalue weighted by Gasteiger charge is -2.17. The first-order valence-corrected chi connectivity index (χ1v) is 8.31. The molecule has 1 aromatic carbocycles. The summed E-state index contributed by atoms with van der Waals surface area (Å²) in [6.45, 7) is 3.16. The van der Waals surface area contributed by atoms with E-state index < -0.39 is 11.6 Å². The smallest absolute Gasteiger partial charge is 0.223 e. The summed E-state index contributed by atoms with van der Waals surface area (Å²) in [6, 6.07) is 4.94. The molecule has 0 bridgehead atoms. The number of halogens is 2. The summed E-state index contributed by atoms with van der Waals surface area (Å²) in [5, 5.41) is 3.87. The van der Waals surface area contributed by atoms with Gasteiger partial charge in [-0.25, -0.2) is 13.8 Å². The SMILES string of the molecule is Cc1cc(NC[C@@H]2CC(=O)N(C3CC3)C2)c2ccc(F)c(F)c2n1. The monoisotopic (exact) mass is 331 g/mol. The maximum Gasteiger partial charge on any atom is 0.223 e. The van der Waals surface area contributed by atoms with Gasteiger partial charge in [0.2, 0.25) is 5.91 Å². The van der Waals surface area contributed by atoms with Gasteiger partial charge in [-0.05, 0) is 38.0 Å². The number of anilines is 1. The van der Waals surface area contributed by atoms with Gasteiger partial charge in [-0.15, -0.1) is 0 Å². The number of aromatic nitrogens is 1. The number of pyridine rings is 1. The second kappa shape index (κ2) is 5.69. The maximum absolute atomic E-state index is 14.0. The third-order valence-electron chi connectivity index (χ3n) is 4.81. The summed E-state index contributed by atoms with van der Waals surface area (Å²) < 4.78 is 27.4. The minimum Gasteiger partial charge on any atom is -0.384 e. The molecule has 1 aromatic heterocycles. The molecule has 0 spiro atoms. The summed E-state index contributed by atoms with van der Waals surface area (Å²) >= 11 is 0. The van der Waals surface area contributed by atoms with Crippen LogP contribution in [0.1, 0.15) is 25.0 Å². The van der Waals surface area contributed by atoms with Crippen LogP contribution in [0.25, 0.3) is 10.9 Å². The van der Waals surface area contributed by atoms with Gasteiger partial charge in [0.25, 0.3) is 0 Å². The molecule has 0 unspecified atom stereocenters.